The molecule has 1 fully saturated rings. The largest absolute Gasteiger partial charge is 0.349 e. The number of anilines is 2. The van der Waals surface area contributed by atoms with Crippen LogP contribution in [0.3, 0.4) is 0 Å². The second-order valence-corrected chi connectivity index (χ2v) is 11.1. The van der Waals surface area contributed by atoms with Crippen LogP contribution in [0.4, 0.5) is 15.2 Å². The van der Waals surface area contributed by atoms with E-state index >= 15 is 0 Å². The number of aromatic nitrogens is 2. The van der Waals surface area contributed by atoms with Gasteiger partial charge in [-0.15, -0.1) is 11.3 Å². The molecule has 0 spiro atoms. The molecule has 7 nitrogen and oxygen atoms in total. The molecule has 0 saturated carbocycles. The molecule has 0 bridgehead atoms. The Morgan fingerprint density at radius 2 is 1.81 bits per heavy atom. The lowest BCUT2D eigenvalue weighted by molar-refractivity contribution is -0.129. The number of thiazole rings is 1. The highest BCUT2D eigenvalue weighted by Gasteiger charge is 2.25. The van der Waals surface area contributed by atoms with Gasteiger partial charge >= 0.3 is 0 Å². The van der Waals surface area contributed by atoms with Crippen molar-refractivity contribution in [1.29, 1.82) is 0 Å². The maximum Gasteiger partial charge on any atom is 0.265 e. The van der Waals surface area contributed by atoms with E-state index in [9.17, 15) is 14.0 Å². The van der Waals surface area contributed by atoms with Crippen molar-refractivity contribution in [3.8, 4) is 11.1 Å². The van der Waals surface area contributed by atoms with Crippen LogP contribution >= 0.6 is 22.7 Å². The van der Waals surface area contributed by atoms with Gasteiger partial charge in [0.1, 0.15) is 4.83 Å². The summed E-state index contributed by atoms with van der Waals surface area (Å²) in [7, 11) is 3.61. The molecular formula is C26H26FN5O2S2. The molecule has 2 amide bonds. The van der Waals surface area contributed by atoms with E-state index in [1.807, 2.05) is 30.3 Å². The average Bonchev–Trinajstić information content (AvgIpc) is 3.45. The third kappa shape index (κ3) is 5.39. The smallest absolute Gasteiger partial charge is 0.265 e. The van der Waals surface area contributed by atoms with Crippen LogP contribution in [-0.4, -0.2) is 53.9 Å². The maximum atomic E-state index is 13.0. The fraction of sp³-hybridized carbons (Fsp3) is 0.308. The summed E-state index contributed by atoms with van der Waals surface area (Å²) in [4.78, 5) is 38.7. The summed E-state index contributed by atoms with van der Waals surface area (Å²) in [5, 5.41) is 3.91. The zero-order chi connectivity index (χ0) is 25.2. The van der Waals surface area contributed by atoms with Crippen molar-refractivity contribution >= 4 is 54.8 Å². The number of carbonyl (C=O) groups is 2. The van der Waals surface area contributed by atoms with Gasteiger partial charge in [0.15, 0.2) is 5.13 Å². The summed E-state index contributed by atoms with van der Waals surface area (Å²) in [5.74, 6) is -0.0728. The van der Waals surface area contributed by atoms with E-state index < -0.39 is 5.95 Å². The zero-order valence-electron chi connectivity index (χ0n) is 20.0. The van der Waals surface area contributed by atoms with Crippen LogP contribution in [0.2, 0.25) is 0 Å². The molecule has 36 heavy (non-hydrogen) atoms. The maximum absolute atomic E-state index is 13.0. The summed E-state index contributed by atoms with van der Waals surface area (Å²) in [6, 6.07) is 12.3. The Morgan fingerprint density at radius 3 is 2.44 bits per heavy atom. The first-order chi connectivity index (χ1) is 17.4. The van der Waals surface area contributed by atoms with E-state index in [1.165, 1.54) is 23.6 Å². The molecule has 4 aromatic rings. The second kappa shape index (κ2) is 10.3. The Labute approximate surface area is 216 Å². The van der Waals surface area contributed by atoms with Gasteiger partial charge in [-0.05, 0) is 54.7 Å². The summed E-state index contributed by atoms with van der Waals surface area (Å²) in [6.07, 6.45) is 4.06. The molecule has 1 aliphatic heterocycles. The molecule has 5 rings (SSSR count). The Hall–Kier alpha value is -3.37. The first-order valence-electron chi connectivity index (χ1n) is 11.7. The van der Waals surface area contributed by atoms with Crippen molar-refractivity contribution in [2.24, 2.45) is 5.92 Å². The minimum absolute atomic E-state index is 0.172. The van der Waals surface area contributed by atoms with Crippen LogP contribution in [0.15, 0.2) is 48.7 Å². The number of hydrogen-bond acceptors (Lipinski definition) is 7. The normalized spacial score (nSPS) is 14.2. The van der Waals surface area contributed by atoms with Crippen molar-refractivity contribution in [2.75, 3.05) is 37.4 Å². The first kappa shape index (κ1) is 24.3. The van der Waals surface area contributed by atoms with Gasteiger partial charge in [-0.3, -0.25) is 9.59 Å². The second-order valence-electron chi connectivity index (χ2n) is 9.10. The molecule has 1 saturated heterocycles. The highest BCUT2D eigenvalue weighted by molar-refractivity contribution is 7.29. The number of amides is 2. The summed E-state index contributed by atoms with van der Waals surface area (Å²) >= 11 is 3.00. The lowest BCUT2D eigenvalue weighted by Gasteiger charge is -2.31. The molecule has 4 heterocycles. The molecule has 3 aromatic heterocycles. The number of halogens is 1. The molecular weight excluding hydrogens is 497 g/mol. The fourth-order valence-corrected chi connectivity index (χ4v) is 6.37. The molecule has 0 radical (unpaired) electrons. The highest BCUT2D eigenvalue weighted by Crippen LogP contribution is 2.36. The van der Waals surface area contributed by atoms with E-state index in [0.717, 1.165) is 51.7 Å². The van der Waals surface area contributed by atoms with Crippen LogP contribution in [0.1, 0.15) is 28.9 Å². The topological polar surface area (TPSA) is 78.4 Å². The monoisotopic (exact) mass is 523 g/mol. The highest BCUT2D eigenvalue weighted by atomic mass is 32.1. The van der Waals surface area contributed by atoms with Crippen molar-refractivity contribution in [3.05, 3.63) is 59.5 Å². The lowest BCUT2D eigenvalue weighted by Crippen LogP contribution is -2.35. The summed E-state index contributed by atoms with van der Waals surface area (Å²) in [5.41, 5.74) is 2.38. The number of nitrogens with zero attached hydrogens (tertiary/aromatic N) is 4. The Bertz CT molecular complexity index is 1340. The van der Waals surface area contributed by atoms with E-state index in [2.05, 4.69) is 15.2 Å². The third-order valence-corrected chi connectivity index (χ3v) is 8.57. The summed E-state index contributed by atoms with van der Waals surface area (Å²) in [6.45, 7) is 1.78. The van der Waals surface area contributed by atoms with E-state index in [4.69, 9.17) is 4.98 Å². The molecule has 0 unspecified atom stereocenters. The van der Waals surface area contributed by atoms with Crippen molar-refractivity contribution in [1.82, 2.24) is 14.9 Å². The number of fused-ring (bicyclic) bond motifs is 1. The van der Waals surface area contributed by atoms with Gasteiger partial charge in [0.25, 0.3) is 5.91 Å². The standard InChI is InChI=1S/C26H26FN5O2S2/c1-31(2)23(33)13-16-9-11-32(12-10-16)26-30-25-21(36-26)14-20(35-25)24(34)29-19-6-3-17(4-7-19)18-5-8-22(27)28-15-18/h3-8,14-16H,9-13H2,1-2H3,(H,29,34). The van der Waals surface area contributed by atoms with Gasteiger partial charge in [0, 0.05) is 51.1 Å². The summed E-state index contributed by atoms with van der Waals surface area (Å²) < 4.78 is 14.0. The van der Waals surface area contributed by atoms with E-state index in [-0.39, 0.29) is 11.8 Å². The molecule has 1 aromatic carbocycles. The van der Waals surface area contributed by atoms with E-state index in [0.29, 0.717) is 22.9 Å². The molecule has 1 aliphatic rings. The number of nitrogens with one attached hydrogen (secondary N) is 1. The molecule has 0 aliphatic carbocycles. The molecule has 10 heteroatoms. The Kier molecular flexibility index (Phi) is 6.97. The molecule has 0 atom stereocenters. The van der Waals surface area contributed by atoms with Crippen LogP contribution in [0, 0.1) is 11.9 Å². The lowest BCUT2D eigenvalue weighted by atomic mass is 9.93. The van der Waals surface area contributed by atoms with Gasteiger partial charge in [-0.25, -0.2) is 9.97 Å². The predicted octanol–water partition coefficient (Wildman–Crippen LogP) is 5.51. The van der Waals surface area contributed by atoms with Crippen LogP contribution < -0.4 is 10.2 Å². The van der Waals surface area contributed by atoms with Crippen LogP contribution in [-0.2, 0) is 4.79 Å². The minimum atomic E-state index is -0.516. The molecule has 186 valence electrons. The SMILES string of the molecule is CN(C)C(=O)CC1CCN(c2nc3sc(C(=O)Nc4ccc(-c5ccc(F)nc5)cc4)cc3s2)CC1. The first-order valence-corrected chi connectivity index (χ1v) is 13.4. The van der Waals surface area contributed by atoms with Gasteiger partial charge in [-0.1, -0.05) is 23.5 Å². The number of hydrogen-bond donors (Lipinski definition) is 1. The Balaban J connectivity index is 1.19. The van der Waals surface area contributed by atoms with Crippen molar-refractivity contribution in [3.63, 3.8) is 0 Å². The number of piperidine rings is 1. The van der Waals surface area contributed by atoms with Gasteiger partial charge in [-0.2, -0.15) is 4.39 Å². The number of pyridine rings is 1. The van der Waals surface area contributed by atoms with Crippen LogP contribution in [0.5, 0.6) is 0 Å². The third-order valence-electron chi connectivity index (χ3n) is 6.35. The quantitative estimate of drug-likeness (QED) is 0.338. The average molecular weight is 524 g/mol. The van der Waals surface area contributed by atoms with E-state index in [1.54, 1.807) is 36.4 Å². The number of thiophene rings is 1. The number of rotatable bonds is 6. The zero-order valence-corrected chi connectivity index (χ0v) is 21.7. The minimum Gasteiger partial charge on any atom is -0.349 e. The van der Waals surface area contributed by atoms with Crippen molar-refractivity contribution in [2.45, 2.75) is 19.3 Å². The van der Waals surface area contributed by atoms with Gasteiger partial charge in [0.2, 0.25) is 11.9 Å². The van der Waals surface area contributed by atoms with Crippen LogP contribution in [0.25, 0.3) is 20.7 Å². The number of benzene rings is 1. The van der Waals surface area contributed by atoms with Gasteiger partial charge < -0.3 is 15.1 Å². The fourth-order valence-electron chi connectivity index (χ4n) is 4.21. The molecule has 1 N–H and O–H groups in total. The predicted molar refractivity (Wildman–Crippen MR) is 143 cm³/mol. The van der Waals surface area contributed by atoms with Gasteiger partial charge in [0.05, 0.1) is 9.58 Å². The number of carbonyl (C=O) groups excluding carboxylic acids is 2. The van der Waals surface area contributed by atoms with Crippen molar-refractivity contribution < 1.29 is 14.0 Å². The Morgan fingerprint density at radius 1 is 1.08 bits per heavy atom.